The smallest absolute Gasteiger partial charge is 0.293 e. The van der Waals surface area contributed by atoms with Crippen molar-refractivity contribution in [1.82, 2.24) is 0 Å². The highest BCUT2D eigenvalue weighted by Gasteiger charge is 2.37. The number of rotatable bonds is 2. The minimum Gasteiger partial charge on any atom is -0.433 e. The van der Waals surface area contributed by atoms with Gasteiger partial charge >= 0.3 is 0 Å². The Morgan fingerprint density at radius 1 is 1.07 bits per heavy atom. The second-order valence-corrected chi connectivity index (χ2v) is 12.2. The first-order valence-electron chi connectivity index (χ1n) is 6.70. The molecule has 2 aliphatic heterocycles. The summed E-state index contributed by atoms with van der Waals surface area (Å²) in [7, 11) is -0.952. The minimum atomic E-state index is -0.952. The first-order valence-corrected chi connectivity index (χ1v) is 10.4. The molecule has 0 aromatic rings. The lowest BCUT2D eigenvalue weighted by atomic mass is 9.55. The molecule has 1 nitrogen and oxygen atoms in total. The highest BCUT2D eigenvalue weighted by atomic mass is 28.3. The lowest BCUT2D eigenvalue weighted by molar-refractivity contribution is 0.188. The van der Waals surface area contributed by atoms with E-state index in [1.165, 1.54) is 44.5 Å². The Morgan fingerprint density at radius 3 is 2.20 bits per heavy atom. The van der Waals surface area contributed by atoms with Gasteiger partial charge in [-0.1, -0.05) is 51.3 Å². The predicted molar refractivity (Wildman–Crippen MR) is 70.2 cm³/mol. The van der Waals surface area contributed by atoms with Crippen molar-refractivity contribution in [3.05, 3.63) is 0 Å². The maximum absolute atomic E-state index is 6.35. The maximum atomic E-state index is 6.35. The van der Waals surface area contributed by atoms with E-state index in [1.54, 1.807) is 0 Å². The summed E-state index contributed by atoms with van der Waals surface area (Å²) in [5.41, 5.74) is 0. The first kappa shape index (κ1) is 11.7. The Bertz CT molecular complexity index is 204. The van der Waals surface area contributed by atoms with Gasteiger partial charge in [0, 0.05) is 14.2 Å². The third kappa shape index (κ3) is 3.35. The van der Waals surface area contributed by atoms with Crippen LogP contribution in [-0.2, 0) is 4.65 Å². The van der Waals surface area contributed by atoms with Crippen LogP contribution in [0, 0.1) is 0 Å². The lowest BCUT2D eigenvalue weighted by Gasteiger charge is -2.26. The van der Waals surface area contributed by atoms with E-state index in [1.807, 2.05) is 0 Å². The molecule has 0 spiro atoms. The molecule has 0 unspecified atom stereocenters. The molecular weight excluding hydrogens is 199 g/mol. The van der Waals surface area contributed by atoms with Crippen molar-refractivity contribution >= 4 is 15.0 Å². The SMILES string of the molecule is C[Si](C)(C)CB1OC2CCCC1CCC2. The topological polar surface area (TPSA) is 9.23 Å². The third-order valence-corrected chi connectivity index (χ3v) is 5.54. The van der Waals surface area contributed by atoms with Gasteiger partial charge in [-0.25, -0.2) is 0 Å². The number of hydrogen-bond donors (Lipinski definition) is 0. The zero-order valence-corrected chi connectivity index (χ0v) is 11.6. The van der Waals surface area contributed by atoms with E-state index in [2.05, 4.69) is 19.6 Å². The van der Waals surface area contributed by atoms with Crippen LogP contribution >= 0.6 is 0 Å². The molecular formula is C12H25BOSi. The molecule has 15 heavy (non-hydrogen) atoms. The van der Waals surface area contributed by atoms with Crippen LogP contribution in [0.25, 0.3) is 0 Å². The molecule has 2 bridgehead atoms. The van der Waals surface area contributed by atoms with Gasteiger partial charge in [0.2, 0.25) is 0 Å². The fourth-order valence-corrected chi connectivity index (χ4v) is 4.83. The summed E-state index contributed by atoms with van der Waals surface area (Å²) in [6, 6.07) is 0. The fraction of sp³-hybridized carbons (Fsp3) is 1.00. The molecule has 2 aliphatic rings. The Labute approximate surface area is 96.1 Å². The standard InChI is InChI=1S/C12H25BOSi/c1-15(2,3)10-13-11-6-4-8-12(14-13)9-5-7-11/h11-12H,4-10H2,1-3H3. The second-order valence-electron chi connectivity index (χ2n) is 6.68. The predicted octanol–water partition coefficient (Wildman–Crippen LogP) is 3.98. The van der Waals surface area contributed by atoms with Crippen LogP contribution in [0.1, 0.15) is 38.5 Å². The molecule has 2 fully saturated rings. The summed E-state index contributed by atoms with van der Waals surface area (Å²) < 4.78 is 6.35. The Hall–Kier alpha value is 0.242. The van der Waals surface area contributed by atoms with Crippen molar-refractivity contribution in [2.75, 3.05) is 0 Å². The van der Waals surface area contributed by atoms with Crippen molar-refractivity contribution < 1.29 is 4.65 Å². The van der Waals surface area contributed by atoms with Gasteiger partial charge in [-0.05, 0) is 18.7 Å². The largest absolute Gasteiger partial charge is 0.433 e. The van der Waals surface area contributed by atoms with Crippen molar-refractivity contribution in [3.8, 4) is 0 Å². The number of hydrogen-bond acceptors (Lipinski definition) is 1. The molecule has 0 saturated carbocycles. The van der Waals surface area contributed by atoms with Gasteiger partial charge in [-0.2, -0.15) is 0 Å². The van der Waals surface area contributed by atoms with Crippen LogP contribution in [-0.4, -0.2) is 21.1 Å². The molecule has 0 aliphatic carbocycles. The summed E-state index contributed by atoms with van der Waals surface area (Å²) in [5.74, 6) is 2.28. The molecule has 0 atom stereocenters. The molecule has 2 heterocycles. The maximum Gasteiger partial charge on any atom is 0.293 e. The average Bonchev–Trinajstić information content (AvgIpc) is 2.31. The van der Waals surface area contributed by atoms with Gasteiger partial charge in [0.15, 0.2) is 0 Å². The van der Waals surface area contributed by atoms with E-state index < -0.39 is 8.07 Å². The van der Waals surface area contributed by atoms with Crippen molar-refractivity contribution in [1.29, 1.82) is 0 Å². The molecule has 2 rings (SSSR count). The quantitative estimate of drug-likeness (QED) is 0.644. The van der Waals surface area contributed by atoms with Crippen LogP contribution < -0.4 is 0 Å². The van der Waals surface area contributed by atoms with Gasteiger partial charge < -0.3 is 4.65 Å². The van der Waals surface area contributed by atoms with Gasteiger partial charge in [0.05, 0.1) is 0 Å². The highest BCUT2D eigenvalue weighted by Crippen LogP contribution is 2.38. The van der Waals surface area contributed by atoms with E-state index in [0.29, 0.717) is 13.0 Å². The van der Waals surface area contributed by atoms with Crippen LogP contribution in [0.3, 0.4) is 0 Å². The van der Waals surface area contributed by atoms with E-state index in [-0.39, 0.29) is 0 Å². The third-order valence-electron chi connectivity index (χ3n) is 3.91. The normalized spacial score (nSPS) is 32.6. The van der Waals surface area contributed by atoms with E-state index in [9.17, 15) is 0 Å². The van der Waals surface area contributed by atoms with Crippen molar-refractivity contribution in [2.24, 2.45) is 0 Å². The van der Waals surface area contributed by atoms with Gasteiger partial charge in [-0.3, -0.25) is 0 Å². The van der Waals surface area contributed by atoms with Gasteiger partial charge in [0.1, 0.15) is 0 Å². The molecule has 0 N–H and O–H groups in total. The van der Waals surface area contributed by atoms with Crippen LogP contribution in [0.5, 0.6) is 0 Å². The summed E-state index contributed by atoms with van der Waals surface area (Å²) in [5, 5.41) is 0. The van der Waals surface area contributed by atoms with Crippen molar-refractivity contribution in [3.63, 3.8) is 0 Å². The van der Waals surface area contributed by atoms with E-state index in [0.717, 1.165) is 5.82 Å². The van der Waals surface area contributed by atoms with E-state index in [4.69, 9.17) is 4.65 Å². The molecule has 0 aromatic carbocycles. The summed E-state index contributed by atoms with van der Waals surface area (Å²) in [4.78, 5) is 0. The van der Waals surface area contributed by atoms with Crippen LogP contribution in [0.15, 0.2) is 0 Å². The Morgan fingerprint density at radius 2 is 1.67 bits per heavy atom. The first-order chi connectivity index (χ1) is 7.04. The molecule has 3 heteroatoms. The van der Waals surface area contributed by atoms with Crippen LogP contribution in [0.4, 0.5) is 0 Å². The molecule has 2 saturated heterocycles. The Kier molecular flexibility index (Phi) is 3.61. The molecule has 0 aromatic heterocycles. The van der Waals surface area contributed by atoms with E-state index >= 15 is 0 Å². The van der Waals surface area contributed by atoms with Crippen molar-refractivity contribution in [2.45, 2.75) is 76.0 Å². The highest BCUT2D eigenvalue weighted by molar-refractivity contribution is 6.86. The minimum absolute atomic E-state index is 0.610. The molecule has 86 valence electrons. The Balaban J connectivity index is 2.03. The summed E-state index contributed by atoms with van der Waals surface area (Å²) in [6.45, 7) is 8.05. The lowest BCUT2D eigenvalue weighted by Crippen LogP contribution is -2.35. The second kappa shape index (κ2) is 4.62. The van der Waals surface area contributed by atoms with Gasteiger partial charge in [0.25, 0.3) is 6.92 Å². The number of fused-ring (bicyclic) bond motifs is 3. The molecule has 0 amide bonds. The zero-order valence-electron chi connectivity index (χ0n) is 10.6. The monoisotopic (exact) mass is 224 g/mol. The average molecular weight is 224 g/mol. The fourth-order valence-electron chi connectivity index (χ4n) is 3.19. The molecule has 0 radical (unpaired) electrons. The van der Waals surface area contributed by atoms with Crippen LogP contribution in [0.2, 0.25) is 31.4 Å². The summed E-state index contributed by atoms with van der Waals surface area (Å²) >= 11 is 0. The zero-order chi connectivity index (χ0) is 10.9. The summed E-state index contributed by atoms with van der Waals surface area (Å²) in [6.07, 6.45) is 8.97. The van der Waals surface area contributed by atoms with Gasteiger partial charge in [-0.15, -0.1) is 0 Å².